The van der Waals surface area contributed by atoms with Crippen LogP contribution in [0.3, 0.4) is 0 Å². The van der Waals surface area contributed by atoms with Crippen LogP contribution in [0.15, 0.2) is 41.8 Å². The lowest BCUT2D eigenvalue weighted by molar-refractivity contribution is -0.121. The number of hydrogen-bond acceptors (Lipinski definition) is 4. The molecule has 1 unspecified atom stereocenters. The van der Waals surface area contributed by atoms with Crippen molar-refractivity contribution in [2.45, 2.75) is 25.8 Å². The Morgan fingerprint density at radius 3 is 2.84 bits per heavy atom. The molecule has 0 aliphatic rings. The number of thiophene rings is 1. The number of aromatic nitrogens is 2. The molecule has 0 radical (unpaired) electrons. The van der Waals surface area contributed by atoms with Gasteiger partial charge in [-0.05, 0) is 36.9 Å². The minimum Gasteiger partial charge on any atom is -0.351 e. The van der Waals surface area contributed by atoms with Gasteiger partial charge in [-0.15, -0.1) is 11.3 Å². The molecule has 0 aliphatic carbocycles. The van der Waals surface area contributed by atoms with Gasteiger partial charge in [0.25, 0.3) is 5.91 Å². The fraction of sp³-hybridized carbons (Fsp3) is 0.278. The van der Waals surface area contributed by atoms with Crippen LogP contribution < -0.4 is 10.6 Å². The summed E-state index contributed by atoms with van der Waals surface area (Å²) in [6.45, 7) is 2.37. The highest BCUT2D eigenvalue weighted by Crippen LogP contribution is 2.15. The first kappa shape index (κ1) is 17.2. The summed E-state index contributed by atoms with van der Waals surface area (Å²) in [6, 6.07) is 11.2. The number of imidazole rings is 1. The monoisotopic (exact) mass is 356 g/mol. The van der Waals surface area contributed by atoms with E-state index in [1.807, 2.05) is 42.6 Å². The minimum atomic E-state index is -0.194. The quantitative estimate of drug-likeness (QED) is 0.569. The Morgan fingerprint density at radius 1 is 1.24 bits per heavy atom. The number of amides is 2. The van der Waals surface area contributed by atoms with E-state index in [1.54, 1.807) is 6.07 Å². The Hall–Kier alpha value is -2.67. The van der Waals surface area contributed by atoms with Crippen molar-refractivity contribution < 1.29 is 9.59 Å². The van der Waals surface area contributed by atoms with Crippen LogP contribution in [0, 0.1) is 0 Å². The molecule has 1 atom stereocenters. The van der Waals surface area contributed by atoms with Crippen LogP contribution in [0.1, 0.15) is 41.3 Å². The summed E-state index contributed by atoms with van der Waals surface area (Å²) in [4.78, 5) is 32.2. The molecule has 2 aromatic heterocycles. The third kappa shape index (κ3) is 4.45. The smallest absolute Gasteiger partial charge is 0.261 e. The summed E-state index contributed by atoms with van der Waals surface area (Å²) in [5, 5.41) is 7.61. The minimum absolute atomic E-state index is 0.0571. The van der Waals surface area contributed by atoms with Crippen LogP contribution in [-0.2, 0) is 4.79 Å². The topological polar surface area (TPSA) is 86.9 Å². The molecule has 0 saturated carbocycles. The zero-order valence-electron chi connectivity index (χ0n) is 13.9. The number of nitrogens with one attached hydrogen (secondary N) is 3. The molecule has 1 aromatic carbocycles. The second-order valence-corrected chi connectivity index (χ2v) is 6.71. The molecule has 25 heavy (non-hydrogen) atoms. The zero-order chi connectivity index (χ0) is 17.6. The van der Waals surface area contributed by atoms with E-state index in [-0.39, 0.29) is 17.9 Å². The van der Waals surface area contributed by atoms with E-state index < -0.39 is 0 Å². The van der Waals surface area contributed by atoms with E-state index in [2.05, 4.69) is 20.6 Å². The van der Waals surface area contributed by atoms with Crippen molar-refractivity contribution in [2.75, 3.05) is 6.54 Å². The van der Waals surface area contributed by atoms with Crippen molar-refractivity contribution in [3.63, 3.8) is 0 Å². The van der Waals surface area contributed by atoms with Crippen molar-refractivity contribution in [1.82, 2.24) is 20.6 Å². The highest BCUT2D eigenvalue weighted by molar-refractivity contribution is 7.12. The Balaban J connectivity index is 1.42. The van der Waals surface area contributed by atoms with E-state index in [0.29, 0.717) is 24.3 Å². The average Bonchev–Trinajstić information content (AvgIpc) is 3.27. The summed E-state index contributed by atoms with van der Waals surface area (Å²) in [5.74, 6) is 0.588. The second kappa shape index (κ2) is 7.94. The van der Waals surface area contributed by atoms with Gasteiger partial charge in [0.15, 0.2) is 0 Å². The van der Waals surface area contributed by atoms with Gasteiger partial charge in [0.2, 0.25) is 5.91 Å². The van der Waals surface area contributed by atoms with Gasteiger partial charge in [0.05, 0.1) is 22.0 Å². The first-order chi connectivity index (χ1) is 12.1. The van der Waals surface area contributed by atoms with Crippen LogP contribution in [-0.4, -0.2) is 28.3 Å². The fourth-order valence-corrected chi connectivity index (χ4v) is 3.15. The largest absolute Gasteiger partial charge is 0.351 e. The van der Waals surface area contributed by atoms with Crippen molar-refractivity contribution in [1.29, 1.82) is 0 Å². The van der Waals surface area contributed by atoms with Gasteiger partial charge in [0.1, 0.15) is 5.82 Å². The van der Waals surface area contributed by atoms with Crippen LogP contribution in [0.4, 0.5) is 0 Å². The molecule has 0 aliphatic heterocycles. The van der Waals surface area contributed by atoms with Gasteiger partial charge in [-0.2, -0.15) is 0 Å². The predicted molar refractivity (Wildman–Crippen MR) is 98.5 cm³/mol. The number of para-hydroxylation sites is 2. The number of carbonyl (C=O) groups excluding carboxylic acids is 2. The maximum absolute atomic E-state index is 12.1. The molecule has 2 heterocycles. The van der Waals surface area contributed by atoms with E-state index in [9.17, 15) is 9.59 Å². The molecule has 0 spiro atoms. The Bertz CT molecular complexity index is 824. The lowest BCUT2D eigenvalue weighted by Gasteiger charge is -2.11. The molecule has 2 amide bonds. The van der Waals surface area contributed by atoms with Crippen LogP contribution in [0.5, 0.6) is 0 Å². The number of H-pyrrole nitrogens is 1. The van der Waals surface area contributed by atoms with Crippen molar-refractivity contribution >= 4 is 34.2 Å². The van der Waals surface area contributed by atoms with E-state index in [1.165, 1.54) is 11.3 Å². The summed E-state index contributed by atoms with van der Waals surface area (Å²) in [7, 11) is 0. The Kier molecular flexibility index (Phi) is 5.45. The van der Waals surface area contributed by atoms with Crippen LogP contribution >= 0.6 is 11.3 Å². The maximum atomic E-state index is 12.1. The number of rotatable bonds is 7. The molecule has 3 rings (SSSR count). The first-order valence-electron chi connectivity index (χ1n) is 8.19. The highest BCUT2D eigenvalue weighted by atomic mass is 32.1. The molecular weight excluding hydrogens is 336 g/mol. The molecule has 0 fully saturated rings. The van der Waals surface area contributed by atoms with Gasteiger partial charge >= 0.3 is 0 Å². The van der Waals surface area contributed by atoms with Crippen molar-refractivity contribution in [3.8, 4) is 0 Å². The summed E-state index contributed by atoms with van der Waals surface area (Å²) >= 11 is 1.40. The standard InChI is InChI=1S/C18H20N4O2S/c1-12(17-21-13-6-2-3-7-14(13)22-17)20-16(23)9-4-10-19-18(24)15-8-5-11-25-15/h2-3,5-8,11-12H,4,9-10H2,1H3,(H,19,24)(H,20,23)(H,21,22). The zero-order valence-corrected chi connectivity index (χ0v) is 14.7. The number of fused-ring (bicyclic) bond motifs is 1. The highest BCUT2D eigenvalue weighted by Gasteiger charge is 2.13. The first-order valence-corrected chi connectivity index (χ1v) is 9.07. The lowest BCUT2D eigenvalue weighted by atomic mass is 10.2. The molecule has 0 saturated heterocycles. The normalized spacial score (nSPS) is 12.0. The number of hydrogen-bond donors (Lipinski definition) is 3. The van der Waals surface area contributed by atoms with Crippen molar-refractivity contribution in [2.24, 2.45) is 0 Å². The second-order valence-electron chi connectivity index (χ2n) is 5.77. The van der Waals surface area contributed by atoms with Crippen LogP contribution in [0.25, 0.3) is 11.0 Å². The predicted octanol–water partition coefficient (Wildman–Crippen LogP) is 3.01. The molecular formula is C18H20N4O2S. The number of nitrogens with zero attached hydrogens (tertiary/aromatic N) is 1. The third-order valence-corrected chi connectivity index (χ3v) is 4.68. The van der Waals surface area contributed by atoms with Gasteiger partial charge in [-0.1, -0.05) is 18.2 Å². The Morgan fingerprint density at radius 2 is 2.08 bits per heavy atom. The van der Waals surface area contributed by atoms with Gasteiger partial charge in [0, 0.05) is 13.0 Å². The maximum Gasteiger partial charge on any atom is 0.261 e. The molecule has 6 nitrogen and oxygen atoms in total. The average molecular weight is 356 g/mol. The van der Waals surface area contributed by atoms with E-state index in [4.69, 9.17) is 0 Å². The number of benzene rings is 1. The van der Waals surface area contributed by atoms with Crippen LogP contribution in [0.2, 0.25) is 0 Å². The third-order valence-electron chi connectivity index (χ3n) is 3.81. The molecule has 7 heteroatoms. The summed E-state index contributed by atoms with van der Waals surface area (Å²) in [5.41, 5.74) is 1.84. The number of carbonyl (C=O) groups is 2. The molecule has 0 bridgehead atoms. The molecule has 3 N–H and O–H groups in total. The van der Waals surface area contributed by atoms with Gasteiger partial charge in [-0.25, -0.2) is 4.98 Å². The summed E-state index contributed by atoms with van der Waals surface area (Å²) in [6.07, 6.45) is 0.949. The molecule has 130 valence electrons. The van der Waals surface area contributed by atoms with Gasteiger partial charge < -0.3 is 15.6 Å². The summed E-state index contributed by atoms with van der Waals surface area (Å²) < 4.78 is 0. The van der Waals surface area contributed by atoms with Crippen molar-refractivity contribution in [3.05, 3.63) is 52.5 Å². The SMILES string of the molecule is CC(NC(=O)CCCNC(=O)c1cccs1)c1nc2ccccc2[nH]1. The van der Waals surface area contributed by atoms with E-state index >= 15 is 0 Å². The van der Waals surface area contributed by atoms with Gasteiger partial charge in [-0.3, -0.25) is 9.59 Å². The fourth-order valence-electron chi connectivity index (χ4n) is 2.51. The molecule has 3 aromatic rings. The lowest BCUT2D eigenvalue weighted by Crippen LogP contribution is -2.29. The number of aromatic amines is 1. The Labute approximate surface area is 149 Å². The van der Waals surface area contributed by atoms with E-state index in [0.717, 1.165) is 16.9 Å².